The number of amides is 1. The van der Waals surface area contributed by atoms with E-state index in [4.69, 9.17) is 14.7 Å². The number of aliphatic hydroxyl groups is 1. The highest BCUT2D eigenvalue weighted by Crippen LogP contribution is 2.47. The lowest BCUT2D eigenvalue weighted by Gasteiger charge is -2.34. The number of pyridine rings is 1. The predicted octanol–water partition coefficient (Wildman–Crippen LogP) is 3.50. The van der Waals surface area contributed by atoms with Crippen molar-refractivity contribution in [2.75, 3.05) is 66.5 Å². The molecule has 5 heterocycles. The van der Waals surface area contributed by atoms with E-state index in [-0.39, 0.29) is 18.7 Å². The Morgan fingerprint density at radius 2 is 1.73 bits per heavy atom. The highest BCUT2D eigenvalue weighted by atomic mass is 16.6. The van der Waals surface area contributed by atoms with E-state index in [0.29, 0.717) is 30.0 Å². The number of piperazine rings is 1. The summed E-state index contributed by atoms with van der Waals surface area (Å²) in [4.78, 5) is 35.0. The van der Waals surface area contributed by atoms with Gasteiger partial charge < -0.3 is 29.9 Å². The number of likely N-dealkylation sites (N-methyl/N-ethyl adjacent to an activating group) is 1. The standard InChI is InChI=1S/C29H36N8O3/c1-19-17-40-28(39)36(19)24-6-5-7-25(32-24)37-20(2)29(3,18-38)23-16-30-27(33-26(23)37)31-21-8-10-22(11-9-21)35-14-12-34(4)13-15-35/h5-11,16,19-20,38H,12-15,17-18H2,1-4H3,(H,30,31,33)/t19-,20+,29-/m0/s1. The van der Waals surface area contributed by atoms with Gasteiger partial charge in [-0.3, -0.25) is 4.90 Å². The first-order valence-corrected chi connectivity index (χ1v) is 13.8. The first-order chi connectivity index (χ1) is 19.3. The van der Waals surface area contributed by atoms with Gasteiger partial charge in [-0.25, -0.2) is 14.8 Å². The molecule has 0 spiro atoms. The minimum absolute atomic E-state index is 0.0727. The van der Waals surface area contributed by atoms with Gasteiger partial charge in [-0.2, -0.15) is 4.98 Å². The van der Waals surface area contributed by atoms with Crippen LogP contribution in [0.3, 0.4) is 0 Å². The summed E-state index contributed by atoms with van der Waals surface area (Å²) >= 11 is 0. The number of benzene rings is 1. The topological polar surface area (TPSA) is 110 Å². The molecule has 2 saturated heterocycles. The van der Waals surface area contributed by atoms with Gasteiger partial charge in [-0.05, 0) is 57.3 Å². The molecular weight excluding hydrogens is 508 g/mol. The van der Waals surface area contributed by atoms with Gasteiger partial charge in [-0.1, -0.05) is 13.0 Å². The Kier molecular flexibility index (Phi) is 6.71. The fraction of sp³-hybridized carbons (Fsp3) is 0.448. The van der Waals surface area contributed by atoms with E-state index in [1.807, 2.05) is 49.9 Å². The molecule has 3 aromatic rings. The molecular formula is C29H36N8O3. The summed E-state index contributed by atoms with van der Waals surface area (Å²) < 4.78 is 5.21. The molecule has 3 atom stereocenters. The fourth-order valence-corrected chi connectivity index (χ4v) is 5.70. The Bertz CT molecular complexity index is 1390. The summed E-state index contributed by atoms with van der Waals surface area (Å²) in [5, 5.41) is 13.8. The van der Waals surface area contributed by atoms with Crippen molar-refractivity contribution >= 4 is 40.9 Å². The van der Waals surface area contributed by atoms with Gasteiger partial charge in [0, 0.05) is 60.8 Å². The molecule has 11 nitrogen and oxygen atoms in total. The maximum absolute atomic E-state index is 12.4. The smallest absolute Gasteiger partial charge is 0.415 e. The van der Waals surface area contributed by atoms with Gasteiger partial charge in [-0.15, -0.1) is 0 Å². The van der Waals surface area contributed by atoms with Gasteiger partial charge >= 0.3 is 6.09 Å². The number of cyclic esters (lactones) is 1. The Morgan fingerprint density at radius 3 is 2.38 bits per heavy atom. The summed E-state index contributed by atoms with van der Waals surface area (Å²) in [5.74, 6) is 2.29. The molecule has 0 bridgehead atoms. The summed E-state index contributed by atoms with van der Waals surface area (Å²) in [6, 6.07) is 13.6. The summed E-state index contributed by atoms with van der Waals surface area (Å²) in [7, 11) is 2.16. The molecule has 0 aliphatic carbocycles. The average molecular weight is 545 g/mol. The monoisotopic (exact) mass is 544 g/mol. The number of rotatable bonds is 6. The lowest BCUT2D eigenvalue weighted by atomic mass is 9.81. The van der Waals surface area contributed by atoms with Crippen molar-refractivity contribution in [1.29, 1.82) is 0 Å². The quantitative estimate of drug-likeness (QED) is 0.478. The second kappa shape index (κ2) is 10.2. The van der Waals surface area contributed by atoms with E-state index in [0.717, 1.165) is 37.4 Å². The molecule has 11 heteroatoms. The summed E-state index contributed by atoms with van der Waals surface area (Å²) in [6.45, 7) is 10.4. The Balaban J connectivity index is 1.29. The van der Waals surface area contributed by atoms with E-state index in [1.54, 1.807) is 17.2 Å². The predicted molar refractivity (Wildman–Crippen MR) is 155 cm³/mol. The minimum Gasteiger partial charge on any atom is -0.447 e. The second-order valence-electron chi connectivity index (χ2n) is 11.2. The molecule has 2 N–H and O–H groups in total. The zero-order valence-electron chi connectivity index (χ0n) is 23.4. The average Bonchev–Trinajstić information content (AvgIpc) is 3.41. The van der Waals surface area contributed by atoms with Crippen LogP contribution in [-0.2, 0) is 10.2 Å². The Morgan fingerprint density at radius 1 is 1.02 bits per heavy atom. The first-order valence-electron chi connectivity index (χ1n) is 13.8. The number of anilines is 6. The molecule has 1 amide bonds. The maximum Gasteiger partial charge on any atom is 0.415 e. The van der Waals surface area contributed by atoms with Crippen molar-refractivity contribution in [3.05, 3.63) is 54.2 Å². The third-order valence-electron chi connectivity index (χ3n) is 8.54. The van der Waals surface area contributed by atoms with Crippen LogP contribution in [0.1, 0.15) is 26.3 Å². The fourth-order valence-electron chi connectivity index (χ4n) is 5.70. The normalized spacial score (nSPS) is 24.8. The third-order valence-corrected chi connectivity index (χ3v) is 8.54. The van der Waals surface area contributed by atoms with Crippen LogP contribution in [0, 0.1) is 0 Å². The van der Waals surface area contributed by atoms with Crippen LogP contribution in [0.2, 0.25) is 0 Å². The van der Waals surface area contributed by atoms with E-state index in [1.165, 1.54) is 5.69 Å². The van der Waals surface area contributed by atoms with Crippen LogP contribution in [0.25, 0.3) is 0 Å². The summed E-state index contributed by atoms with van der Waals surface area (Å²) in [5.41, 5.74) is 2.34. The number of nitrogens with zero attached hydrogens (tertiary/aromatic N) is 7. The number of fused-ring (bicyclic) bond motifs is 1. The molecule has 40 heavy (non-hydrogen) atoms. The van der Waals surface area contributed by atoms with Gasteiger partial charge in [0.1, 0.15) is 24.1 Å². The number of ether oxygens (including phenoxy) is 1. The van der Waals surface area contributed by atoms with Crippen LogP contribution in [0.15, 0.2) is 48.7 Å². The number of carbonyl (C=O) groups is 1. The largest absolute Gasteiger partial charge is 0.447 e. The van der Waals surface area contributed by atoms with Crippen LogP contribution >= 0.6 is 0 Å². The number of hydrogen-bond donors (Lipinski definition) is 2. The molecule has 0 unspecified atom stereocenters. The first kappa shape index (κ1) is 26.3. The highest BCUT2D eigenvalue weighted by Gasteiger charge is 2.48. The molecule has 0 saturated carbocycles. The van der Waals surface area contributed by atoms with Crippen LogP contribution in [-0.4, -0.2) is 89.6 Å². The van der Waals surface area contributed by atoms with Gasteiger partial charge in [0.15, 0.2) is 0 Å². The van der Waals surface area contributed by atoms with E-state index in [2.05, 4.69) is 39.3 Å². The molecule has 2 fully saturated rings. The van der Waals surface area contributed by atoms with Gasteiger partial charge in [0.05, 0.1) is 12.6 Å². The SMILES string of the molecule is C[C@H]1COC(=O)N1c1cccc(N2c3nc(Nc4ccc(N5CCN(C)CC5)cc4)ncc3[C@@](C)(CO)[C@H]2C)n1. The van der Waals surface area contributed by atoms with Crippen molar-refractivity contribution in [3.63, 3.8) is 0 Å². The van der Waals surface area contributed by atoms with Crippen LogP contribution < -0.4 is 20.0 Å². The van der Waals surface area contributed by atoms with Crippen molar-refractivity contribution in [2.45, 2.75) is 38.3 Å². The maximum atomic E-state index is 12.4. The van der Waals surface area contributed by atoms with Crippen molar-refractivity contribution in [3.8, 4) is 0 Å². The molecule has 2 aromatic heterocycles. The lowest BCUT2D eigenvalue weighted by molar-refractivity contribution is 0.179. The van der Waals surface area contributed by atoms with E-state index < -0.39 is 11.5 Å². The van der Waals surface area contributed by atoms with Crippen molar-refractivity contribution < 1.29 is 14.6 Å². The van der Waals surface area contributed by atoms with Crippen LogP contribution in [0.5, 0.6) is 0 Å². The lowest BCUT2D eigenvalue weighted by Crippen LogP contribution is -2.44. The third kappa shape index (κ3) is 4.48. The zero-order valence-corrected chi connectivity index (χ0v) is 23.4. The van der Waals surface area contributed by atoms with Gasteiger partial charge in [0.25, 0.3) is 0 Å². The highest BCUT2D eigenvalue weighted by molar-refractivity contribution is 5.89. The summed E-state index contributed by atoms with van der Waals surface area (Å²) in [6.07, 6.45) is 1.39. The molecule has 6 rings (SSSR count). The molecule has 3 aliphatic heterocycles. The zero-order chi connectivity index (χ0) is 28.0. The number of aromatic nitrogens is 3. The molecule has 3 aliphatic rings. The Labute approximate surface area is 234 Å². The molecule has 210 valence electrons. The minimum atomic E-state index is -0.602. The Hall–Kier alpha value is -3.96. The molecule has 1 aromatic carbocycles. The van der Waals surface area contributed by atoms with E-state index in [9.17, 15) is 9.90 Å². The molecule has 0 radical (unpaired) electrons. The number of nitrogens with one attached hydrogen (secondary N) is 1. The van der Waals surface area contributed by atoms with Crippen LogP contribution in [0.4, 0.5) is 39.6 Å². The van der Waals surface area contributed by atoms with Crippen molar-refractivity contribution in [2.24, 2.45) is 0 Å². The number of hydrogen-bond acceptors (Lipinski definition) is 10. The number of carbonyl (C=O) groups excluding carboxylic acids is 1. The second-order valence-corrected chi connectivity index (χ2v) is 11.2. The number of aliphatic hydroxyl groups excluding tert-OH is 1. The van der Waals surface area contributed by atoms with Crippen molar-refractivity contribution in [1.82, 2.24) is 19.9 Å². The van der Waals surface area contributed by atoms with Gasteiger partial charge in [0.2, 0.25) is 5.95 Å². The van der Waals surface area contributed by atoms with E-state index >= 15 is 0 Å².